The Morgan fingerprint density at radius 2 is 0.942 bits per heavy atom. The Balaban J connectivity index is 1.21. The number of rotatable bonds is 6. The number of para-hydroxylation sites is 1. The second kappa shape index (κ2) is 12.7. The number of anilines is 3. The van der Waals surface area contributed by atoms with Crippen molar-refractivity contribution in [3.8, 4) is 33.6 Å². The predicted octanol–water partition coefficient (Wildman–Crippen LogP) is 14.5. The minimum atomic E-state index is -0.110. The van der Waals surface area contributed by atoms with E-state index in [-0.39, 0.29) is 5.41 Å². The third-order valence-electron chi connectivity index (χ3n) is 10.1. The van der Waals surface area contributed by atoms with E-state index in [4.69, 9.17) is 4.42 Å². The van der Waals surface area contributed by atoms with Crippen molar-refractivity contribution < 1.29 is 4.42 Å². The molecule has 250 valence electrons. The highest BCUT2D eigenvalue weighted by atomic mass is 16.3. The topological polar surface area (TPSA) is 16.4 Å². The summed E-state index contributed by atoms with van der Waals surface area (Å²) in [6.45, 7) is 6.80. The molecular weight excluding hydrogens is 631 g/mol. The molecule has 0 atom stereocenters. The molecule has 0 saturated heterocycles. The van der Waals surface area contributed by atoms with E-state index in [1.165, 1.54) is 54.7 Å². The Kier molecular flexibility index (Phi) is 7.74. The summed E-state index contributed by atoms with van der Waals surface area (Å²) >= 11 is 0. The van der Waals surface area contributed by atoms with E-state index in [1.807, 2.05) is 6.07 Å². The number of fused-ring (bicyclic) bond motifs is 4. The van der Waals surface area contributed by atoms with Crippen molar-refractivity contribution in [2.45, 2.75) is 26.2 Å². The number of benzene rings is 8. The second-order valence-electron chi connectivity index (χ2n) is 14.6. The minimum Gasteiger partial charge on any atom is -0.456 e. The van der Waals surface area contributed by atoms with Gasteiger partial charge in [-0.1, -0.05) is 166 Å². The molecule has 0 bridgehead atoms. The van der Waals surface area contributed by atoms with Crippen LogP contribution in [0.5, 0.6) is 0 Å². The Labute approximate surface area is 305 Å². The van der Waals surface area contributed by atoms with Gasteiger partial charge in [-0.25, -0.2) is 0 Å². The molecule has 9 rings (SSSR count). The molecule has 0 unspecified atom stereocenters. The molecule has 0 spiro atoms. The Hall–Kier alpha value is -6.38. The molecule has 0 aliphatic heterocycles. The molecule has 0 saturated carbocycles. The van der Waals surface area contributed by atoms with Gasteiger partial charge in [-0.15, -0.1) is 0 Å². The second-order valence-corrected chi connectivity index (χ2v) is 14.6. The molecule has 0 N–H and O–H groups in total. The summed E-state index contributed by atoms with van der Waals surface area (Å²) in [4.78, 5) is 2.40. The zero-order valence-electron chi connectivity index (χ0n) is 29.7. The highest BCUT2D eigenvalue weighted by molar-refractivity contribution is 6.14. The van der Waals surface area contributed by atoms with Crippen molar-refractivity contribution in [3.63, 3.8) is 0 Å². The predicted molar refractivity (Wildman–Crippen MR) is 221 cm³/mol. The lowest BCUT2D eigenvalue weighted by Crippen LogP contribution is -2.12. The molecule has 0 radical (unpaired) electrons. The van der Waals surface area contributed by atoms with Crippen LogP contribution in [0.2, 0.25) is 0 Å². The van der Waals surface area contributed by atoms with Gasteiger partial charge in [-0.3, -0.25) is 0 Å². The highest BCUT2D eigenvalue weighted by Gasteiger charge is 2.27. The van der Waals surface area contributed by atoms with Gasteiger partial charge in [0.25, 0.3) is 0 Å². The lowest BCUT2D eigenvalue weighted by atomic mass is 9.83. The molecule has 0 fully saturated rings. The van der Waals surface area contributed by atoms with Gasteiger partial charge >= 0.3 is 0 Å². The molecule has 1 aromatic heterocycles. The fraction of sp³-hybridized carbons (Fsp3) is 0.0800. The summed E-state index contributed by atoms with van der Waals surface area (Å²) in [5.41, 5.74) is 11.2. The summed E-state index contributed by atoms with van der Waals surface area (Å²) in [6.07, 6.45) is 0. The molecule has 1 heterocycles. The first-order valence-electron chi connectivity index (χ1n) is 18.0. The smallest absolute Gasteiger partial charge is 0.139 e. The summed E-state index contributed by atoms with van der Waals surface area (Å²) in [5, 5.41) is 6.06. The number of furan rings is 1. The molecule has 8 aromatic carbocycles. The third-order valence-corrected chi connectivity index (χ3v) is 10.1. The zero-order chi connectivity index (χ0) is 35.2. The summed E-state index contributed by atoms with van der Waals surface area (Å²) < 4.78 is 6.67. The van der Waals surface area contributed by atoms with E-state index >= 15 is 0 Å². The molecule has 52 heavy (non-hydrogen) atoms. The average Bonchev–Trinajstić information content (AvgIpc) is 3.60. The Morgan fingerprint density at radius 3 is 1.63 bits per heavy atom. The van der Waals surface area contributed by atoms with E-state index in [9.17, 15) is 0 Å². The molecular formula is C50H39NO. The molecule has 2 nitrogen and oxygen atoms in total. The van der Waals surface area contributed by atoms with Crippen LogP contribution in [0.4, 0.5) is 17.1 Å². The van der Waals surface area contributed by atoms with Gasteiger partial charge in [0.15, 0.2) is 0 Å². The Morgan fingerprint density at radius 1 is 0.404 bits per heavy atom. The molecule has 0 aliphatic carbocycles. The SMILES string of the molecule is CC(C)(C)c1c(-c2cccc(N(c3ccc(-c4ccc(-c5ccccc5)cc4)cc3)c3cc4ccccc4c4ccccc34)c2)oc2ccccc12. The van der Waals surface area contributed by atoms with Crippen LogP contribution >= 0.6 is 0 Å². The fourth-order valence-electron chi connectivity index (χ4n) is 7.72. The molecule has 0 amide bonds. The maximum absolute atomic E-state index is 6.67. The minimum absolute atomic E-state index is 0.110. The number of nitrogens with zero attached hydrogens (tertiary/aromatic N) is 1. The van der Waals surface area contributed by atoms with Crippen LogP contribution in [0.1, 0.15) is 26.3 Å². The van der Waals surface area contributed by atoms with Crippen molar-refractivity contribution in [1.29, 1.82) is 0 Å². The van der Waals surface area contributed by atoms with Gasteiger partial charge in [0.2, 0.25) is 0 Å². The maximum atomic E-state index is 6.67. The van der Waals surface area contributed by atoms with Gasteiger partial charge in [0, 0.05) is 33.3 Å². The lowest BCUT2D eigenvalue weighted by molar-refractivity contribution is 0.568. The number of hydrogen-bond donors (Lipinski definition) is 0. The van der Waals surface area contributed by atoms with E-state index in [0.717, 1.165) is 34.0 Å². The van der Waals surface area contributed by atoms with Crippen molar-refractivity contribution in [3.05, 3.63) is 188 Å². The van der Waals surface area contributed by atoms with Crippen LogP contribution < -0.4 is 4.90 Å². The largest absolute Gasteiger partial charge is 0.456 e. The van der Waals surface area contributed by atoms with Crippen LogP contribution in [0.3, 0.4) is 0 Å². The standard InChI is InChI=1S/C50H39NO/c1-50(2,3)48-45-22-11-12-23-47(45)52-49(48)39-17-13-18-41(32-39)51(46-33-38-16-7-8-19-42(38)43-20-9-10-21-44(43)46)40-30-28-37(29-31-40)36-26-24-35(25-27-36)34-14-5-4-6-15-34/h4-33H,1-3H3. The van der Waals surface area contributed by atoms with Gasteiger partial charge in [0.05, 0.1) is 5.69 Å². The van der Waals surface area contributed by atoms with E-state index in [2.05, 4.69) is 202 Å². The summed E-state index contributed by atoms with van der Waals surface area (Å²) in [7, 11) is 0. The first-order chi connectivity index (χ1) is 25.4. The Bertz CT molecular complexity index is 2700. The van der Waals surface area contributed by atoms with E-state index in [0.29, 0.717) is 0 Å². The van der Waals surface area contributed by atoms with Crippen LogP contribution in [-0.2, 0) is 5.41 Å². The van der Waals surface area contributed by atoms with Crippen LogP contribution in [-0.4, -0.2) is 0 Å². The quantitative estimate of drug-likeness (QED) is 0.164. The summed E-state index contributed by atoms with van der Waals surface area (Å²) in [5.74, 6) is 0.924. The molecule has 2 heteroatoms. The maximum Gasteiger partial charge on any atom is 0.139 e. The lowest BCUT2D eigenvalue weighted by Gasteiger charge is -2.28. The van der Waals surface area contributed by atoms with Crippen molar-refractivity contribution in [2.24, 2.45) is 0 Å². The van der Waals surface area contributed by atoms with Crippen molar-refractivity contribution in [2.75, 3.05) is 4.90 Å². The van der Waals surface area contributed by atoms with Crippen LogP contribution in [0.15, 0.2) is 186 Å². The molecule has 0 aliphatic rings. The van der Waals surface area contributed by atoms with Gasteiger partial charge in [-0.05, 0) is 80.2 Å². The summed E-state index contributed by atoms with van der Waals surface area (Å²) in [6, 6.07) is 65.4. The average molecular weight is 670 g/mol. The van der Waals surface area contributed by atoms with Crippen LogP contribution in [0.25, 0.3) is 66.1 Å². The van der Waals surface area contributed by atoms with Crippen LogP contribution in [0, 0.1) is 0 Å². The highest BCUT2D eigenvalue weighted by Crippen LogP contribution is 2.45. The monoisotopic (exact) mass is 669 g/mol. The zero-order valence-corrected chi connectivity index (χ0v) is 29.7. The number of hydrogen-bond acceptors (Lipinski definition) is 2. The van der Waals surface area contributed by atoms with Gasteiger partial charge in [-0.2, -0.15) is 0 Å². The normalized spacial score (nSPS) is 11.8. The van der Waals surface area contributed by atoms with Gasteiger partial charge in [0.1, 0.15) is 11.3 Å². The van der Waals surface area contributed by atoms with E-state index in [1.54, 1.807) is 0 Å². The third kappa shape index (κ3) is 5.63. The first-order valence-corrected chi connectivity index (χ1v) is 18.0. The fourth-order valence-corrected chi connectivity index (χ4v) is 7.72. The van der Waals surface area contributed by atoms with E-state index < -0.39 is 0 Å². The first kappa shape index (κ1) is 31.6. The van der Waals surface area contributed by atoms with Crippen molar-refractivity contribution in [1.82, 2.24) is 0 Å². The molecule has 9 aromatic rings. The van der Waals surface area contributed by atoms with Gasteiger partial charge < -0.3 is 9.32 Å². The van der Waals surface area contributed by atoms with Crippen molar-refractivity contribution >= 4 is 49.6 Å².